The van der Waals surface area contributed by atoms with Gasteiger partial charge in [0, 0.05) is 24.2 Å². The van der Waals surface area contributed by atoms with Crippen LogP contribution in [0.2, 0.25) is 0 Å². The molecule has 1 atom stereocenters. The van der Waals surface area contributed by atoms with Crippen molar-refractivity contribution in [1.29, 1.82) is 0 Å². The number of para-hydroxylation sites is 1. The van der Waals surface area contributed by atoms with Crippen molar-refractivity contribution in [2.75, 3.05) is 31.2 Å². The van der Waals surface area contributed by atoms with E-state index in [1.807, 2.05) is 0 Å². The lowest BCUT2D eigenvalue weighted by Gasteiger charge is -2.32. The maximum Gasteiger partial charge on any atom is 0.328 e. The number of carbonyl (C=O) groups excluding carboxylic acids is 1. The Hall–Kier alpha value is -3.74. The number of nitrogens with zero attached hydrogens (tertiary/aromatic N) is 4. The average molecular weight is 518 g/mol. The number of ether oxygens (including phenoxy) is 1. The fourth-order valence-corrected chi connectivity index (χ4v) is 4.18. The topological polar surface area (TPSA) is 111 Å². The van der Waals surface area contributed by atoms with Gasteiger partial charge >= 0.3 is 12.0 Å². The molecule has 0 radical (unpaired) electrons. The van der Waals surface area contributed by atoms with E-state index >= 15 is 0 Å². The Morgan fingerprint density at radius 3 is 2.41 bits per heavy atom. The summed E-state index contributed by atoms with van der Waals surface area (Å²) in [6, 6.07) is 6.26. The quantitative estimate of drug-likeness (QED) is 0.374. The number of fused-ring (bicyclic) bond motifs is 1. The summed E-state index contributed by atoms with van der Waals surface area (Å²) in [5.74, 6) is -2.51. The molecule has 1 unspecified atom stereocenters. The molecule has 3 aromatic rings. The van der Waals surface area contributed by atoms with Crippen molar-refractivity contribution in [3.63, 3.8) is 0 Å². The van der Waals surface area contributed by atoms with Gasteiger partial charge in [0.15, 0.2) is 12.0 Å². The minimum Gasteiger partial charge on any atom is -0.444 e. The highest BCUT2D eigenvalue weighted by Gasteiger charge is 2.34. The summed E-state index contributed by atoms with van der Waals surface area (Å²) in [5, 5.41) is 21.3. The molecule has 0 fully saturated rings. The van der Waals surface area contributed by atoms with Crippen molar-refractivity contribution in [2.45, 2.75) is 26.6 Å². The van der Waals surface area contributed by atoms with Gasteiger partial charge in [0.2, 0.25) is 0 Å². The number of aryl methyl sites for hydroxylation is 1. The first-order chi connectivity index (χ1) is 17.7. The molecule has 0 saturated carbocycles. The number of hydrogen-bond donors (Lipinski definition) is 3. The molecule has 4 rings (SSSR count). The maximum atomic E-state index is 14.8. The number of nitrogens with one attached hydrogen (secondary N) is 1. The number of halogens is 3. The molecule has 3 N–H and O–H groups in total. The molecule has 9 nitrogen and oxygen atoms in total. The third-order valence-corrected chi connectivity index (χ3v) is 5.97. The van der Waals surface area contributed by atoms with Crippen LogP contribution in [0.4, 0.5) is 29.5 Å². The summed E-state index contributed by atoms with van der Waals surface area (Å²) in [5.41, 5.74) is 1.04. The van der Waals surface area contributed by atoms with Gasteiger partial charge in [0.05, 0.1) is 25.5 Å². The Balaban J connectivity index is 1.91. The molecule has 0 aliphatic carbocycles. The zero-order valence-electron chi connectivity index (χ0n) is 20.2. The van der Waals surface area contributed by atoms with E-state index < -0.39 is 35.4 Å². The molecule has 2 heterocycles. The lowest BCUT2D eigenvalue weighted by molar-refractivity contribution is 0.0112. The van der Waals surface area contributed by atoms with Gasteiger partial charge in [-0.25, -0.2) is 22.9 Å². The van der Waals surface area contributed by atoms with Crippen molar-refractivity contribution >= 4 is 17.5 Å². The van der Waals surface area contributed by atoms with Crippen LogP contribution in [0.3, 0.4) is 0 Å². The molecular formula is C25H26F3N5O4. The molecule has 2 amide bonds. The van der Waals surface area contributed by atoms with Crippen LogP contribution in [0.25, 0.3) is 11.3 Å². The molecule has 1 aliphatic heterocycles. The first-order valence-corrected chi connectivity index (χ1v) is 11.6. The highest BCUT2D eigenvalue weighted by Crippen LogP contribution is 2.39. The highest BCUT2D eigenvalue weighted by molar-refractivity contribution is 6.02. The van der Waals surface area contributed by atoms with Crippen molar-refractivity contribution < 1.29 is 32.9 Å². The zero-order chi connectivity index (χ0) is 26.7. The Kier molecular flexibility index (Phi) is 7.91. The summed E-state index contributed by atoms with van der Waals surface area (Å²) in [6.07, 6.45) is -0.726. The van der Waals surface area contributed by atoms with E-state index in [0.717, 1.165) is 17.0 Å². The summed E-state index contributed by atoms with van der Waals surface area (Å²) in [4.78, 5) is 24.2. The SMILES string of the molecule is Cc1cc(F)ccc1-c1nc(OC(C)N(CCO)CCO)nc2c1CNC(=O)N2c1c(F)cccc1F. The van der Waals surface area contributed by atoms with Crippen LogP contribution >= 0.6 is 0 Å². The van der Waals surface area contributed by atoms with Gasteiger partial charge in [0.1, 0.15) is 23.1 Å². The smallest absolute Gasteiger partial charge is 0.328 e. The number of amides is 2. The third kappa shape index (κ3) is 5.36. The number of hydrogen-bond acceptors (Lipinski definition) is 7. The minimum atomic E-state index is -0.978. The van der Waals surface area contributed by atoms with Gasteiger partial charge in [0.25, 0.3) is 0 Å². The summed E-state index contributed by atoms with van der Waals surface area (Å²) in [7, 11) is 0. The molecule has 0 saturated heterocycles. The lowest BCUT2D eigenvalue weighted by Crippen LogP contribution is -2.43. The molecule has 1 aromatic heterocycles. The van der Waals surface area contributed by atoms with Crippen LogP contribution < -0.4 is 15.0 Å². The monoisotopic (exact) mass is 517 g/mol. The van der Waals surface area contributed by atoms with E-state index in [0.29, 0.717) is 16.7 Å². The molecule has 37 heavy (non-hydrogen) atoms. The second-order valence-electron chi connectivity index (χ2n) is 8.38. The number of carbonyl (C=O) groups is 1. The molecule has 196 valence electrons. The number of anilines is 2. The van der Waals surface area contributed by atoms with E-state index in [2.05, 4.69) is 15.3 Å². The number of aliphatic hydroxyl groups excluding tert-OH is 2. The van der Waals surface area contributed by atoms with Crippen molar-refractivity contribution in [1.82, 2.24) is 20.2 Å². The standard InChI is InChI=1S/C25H26F3N5O4/c1-14-12-16(26)6-7-17(14)21-18-13-29-25(36)33(22-19(27)4-3-5-20(22)28)23(18)31-24(30-21)37-15(2)32(8-10-34)9-11-35/h3-7,12,15,34-35H,8-11,13H2,1-2H3,(H,29,36). The first kappa shape index (κ1) is 26.3. The summed E-state index contributed by atoms with van der Waals surface area (Å²) < 4.78 is 49.4. The fraction of sp³-hybridized carbons (Fsp3) is 0.320. The largest absolute Gasteiger partial charge is 0.444 e. The van der Waals surface area contributed by atoms with Gasteiger partial charge in [-0.15, -0.1) is 0 Å². The van der Waals surface area contributed by atoms with E-state index in [1.165, 1.54) is 24.3 Å². The normalized spacial score (nSPS) is 13.9. The Bertz CT molecular complexity index is 1280. The Labute approximate surface area is 211 Å². The van der Waals surface area contributed by atoms with Crippen LogP contribution in [-0.2, 0) is 6.54 Å². The predicted molar refractivity (Wildman–Crippen MR) is 129 cm³/mol. The Morgan fingerprint density at radius 2 is 1.78 bits per heavy atom. The number of rotatable bonds is 9. The number of benzene rings is 2. The summed E-state index contributed by atoms with van der Waals surface area (Å²) in [6.45, 7) is 3.26. The second kappa shape index (κ2) is 11.1. The molecular weight excluding hydrogens is 491 g/mol. The molecule has 0 bridgehead atoms. The zero-order valence-corrected chi connectivity index (χ0v) is 20.2. The molecule has 1 aliphatic rings. The van der Waals surface area contributed by atoms with Gasteiger partial charge in [-0.2, -0.15) is 9.97 Å². The van der Waals surface area contributed by atoms with Crippen LogP contribution in [-0.4, -0.2) is 63.6 Å². The first-order valence-electron chi connectivity index (χ1n) is 11.6. The predicted octanol–water partition coefficient (Wildman–Crippen LogP) is 3.24. The number of aliphatic hydroxyl groups is 2. The van der Waals surface area contributed by atoms with Gasteiger partial charge in [-0.05, 0) is 49.7 Å². The second-order valence-corrected chi connectivity index (χ2v) is 8.38. The van der Waals surface area contributed by atoms with Crippen molar-refractivity contribution in [3.05, 3.63) is 65.0 Å². The van der Waals surface area contributed by atoms with E-state index in [9.17, 15) is 28.2 Å². The summed E-state index contributed by atoms with van der Waals surface area (Å²) >= 11 is 0. The highest BCUT2D eigenvalue weighted by atomic mass is 19.1. The van der Waals surface area contributed by atoms with Crippen molar-refractivity contribution in [3.8, 4) is 17.3 Å². The lowest BCUT2D eigenvalue weighted by atomic mass is 10.00. The molecule has 12 heteroatoms. The van der Waals surface area contributed by atoms with E-state index in [4.69, 9.17) is 4.74 Å². The van der Waals surface area contributed by atoms with Crippen LogP contribution in [0, 0.1) is 24.4 Å². The van der Waals surface area contributed by atoms with E-state index in [-0.39, 0.29) is 50.4 Å². The van der Waals surface area contributed by atoms with Gasteiger partial charge < -0.3 is 20.3 Å². The average Bonchev–Trinajstić information content (AvgIpc) is 2.84. The van der Waals surface area contributed by atoms with Crippen LogP contribution in [0.1, 0.15) is 18.1 Å². The maximum absolute atomic E-state index is 14.8. The van der Waals surface area contributed by atoms with Crippen LogP contribution in [0.15, 0.2) is 36.4 Å². The molecule has 0 spiro atoms. The van der Waals surface area contributed by atoms with E-state index in [1.54, 1.807) is 18.7 Å². The van der Waals surface area contributed by atoms with Crippen molar-refractivity contribution in [2.24, 2.45) is 0 Å². The van der Waals surface area contributed by atoms with Crippen LogP contribution in [0.5, 0.6) is 6.01 Å². The molecule has 2 aromatic carbocycles. The third-order valence-electron chi connectivity index (χ3n) is 5.97. The number of aromatic nitrogens is 2. The minimum absolute atomic E-state index is 0.0517. The number of urea groups is 1. The fourth-order valence-electron chi connectivity index (χ4n) is 4.18. The van der Waals surface area contributed by atoms with Gasteiger partial charge in [-0.3, -0.25) is 4.90 Å². The van der Waals surface area contributed by atoms with Gasteiger partial charge in [-0.1, -0.05) is 6.07 Å². The Morgan fingerprint density at radius 1 is 1.11 bits per heavy atom.